The quantitative estimate of drug-likeness (QED) is 0.765. The first-order valence-corrected chi connectivity index (χ1v) is 10.3. The zero-order chi connectivity index (χ0) is 18.6. The number of hydrogen-bond donors (Lipinski definition) is 2. The number of thiophene rings is 1. The van der Waals surface area contributed by atoms with Crippen LogP contribution in [0.4, 0.5) is 5.69 Å². The molecule has 1 saturated carbocycles. The van der Waals surface area contributed by atoms with Gasteiger partial charge in [-0.25, -0.2) is 13.8 Å². The van der Waals surface area contributed by atoms with Crippen LogP contribution in [0, 0.1) is 0 Å². The van der Waals surface area contributed by atoms with E-state index in [2.05, 4.69) is 15.2 Å². The van der Waals surface area contributed by atoms with Crippen LogP contribution in [-0.2, 0) is 14.8 Å². The maximum atomic E-state index is 12.2. The minimum atomic E-state index is -3.62. The van der Waals surface area contributed by atoms with E-state index in [1.165, 1.54) is 30.3 Å². The van der Waals surface area contributed by atoms with Gasteiger partial charge in [0, 0.05) is 29.8 Å². The summed E-state index contributed by atoms with van der Waals surface area (Å²) in [6, 6.07) is 9.22. The van der Waals surface area contributed by atoms with Crippen molar-refractivity contribution in [3.05, 3.63) is 47.3 Å². The van der Waals surface area contributed by atoms with Crippen LogP contribution in [-0.4, -0.2) is 25.8 Å². The number of nitrogens with zero attached hydrogens (tertiary/aromatic N) is 1. The lowest BCUT2D eigenvalue weighted by molar-refractivity contribution is -0.118. The van der Waals surface area contributed by atoms with Crippen molar-refractivity contribution in [2.24, 2.45) is 5.10 Å². The van der Waals surface area contributed by atoms with Gasteiger partial charge in [-0.1, -0.05) is 6.07 Å². The second-order valence-electron chi connectivity index (χ2n) is 5.80. The molecule has 0 unspecified atom stereocenters. The number of hydrogen-bond acceptors (Lipinski definition) is 6. The van der Waals surface area contributed by atoms with Gasteiger partial charge in [0.25, 0.3) is 15.9 Å². The highest BCUT2D eigenvalue weighted by atomic mass is 32.2. The van der Waals surface area contributed by atoms with Crippen molar-refractivity contribution in [1.82, 2.24) is 5.43 Å². The highest BCUT2D eigenvalue weighted by Crippen LogP contribution is 2.20. The summed E-state index contributed by atoms with van der Waals surface area (Å²) < 4.78 is 27.0. The van der Waals surface area contributed by atoms with Gasteiger partial charge in [0.1, 0.15) is 9.99 Å². The molecular formula is C17H17N3O4S2. The van der Waals surface area contributed by atoms with Gasteiger partial charge in [-0.3, -0.25) is 14.3 Å². The van der Waals surface area contributed by atoms with Crippen LogP contribution in [0.25, 0.3) is 0 Å². The summed E-state index contributed by atoms with van der Waals surface area (Å²) in [6.45, 7) is 0. The number of hydrazone groups is 1. The van der Waals surface area contributed by atoms with Gasteiger partial charge in [-0.05, 0) is 48.6 Å². The SMILES string of the molecule is O=C1CCC/C(=N\NC(=O)c2ccc(NS(=O)(=O)c3cccs3)cc2)C1. The highest BCUT2D eigenvalue weighted by molar-refractivity contribution is 7.94. The molecule has 136 valence electrons. The average molecular weight is 391 g/mol. The molecule has 1 aromatic heterocycles. The van der Waals surface area contributed by atoms with Crippen LogP contribution in [0.1, 0.15) is 36.0 Å². The third-order valence-electron chi connectivity index (χ3n) is 3.80. The fourth-order valence-corrected chi connectivity index (χ4v) is 4.55. The molecular weight excluding hydrogens is 374 g/mol. The lowest BCUT2D eigenvalue weighted by Crippen LogP contribution is -2.22. The molecule has 0 radical (unpaired) electrons. The minimum absolute atomic E-state index is 0.131. The Balaban J connectivity index is 1.63. The first kappa shape index (κ1) is 18.3. The van der Waals surface area contributed by atoms with E-state index in [4.69, 9.17) is 0 Å². The number of carbonyl (C=O) groups is 2. The molecule has 0 bridgehead atoms. The molecule has 1 aromatic carbocycles. The Morgan fingerprint density at radius 1 is 1.12 bits per heavy atom. The summed E-state index contributed by atoms with van der Waals surface area (Å²) in [4.78, 5) is 23.5. The normalized spacial score (nSPS) is 16.5. The predicted molar refractivity (Wildman–Crippen MR) is 99.9 cm³/mol. The van der Waals surface area contributed by atoms with Crippen molar-refractivity contribution in [3.63, 3.8) is 0 Å². The number of anilines is 1. The number of rotatable bonds is 5. The second kappa shape index (κ2) is 7.79. The summed E-state index contributed by atoms with van der Waals surface area (Å²) >= 11 is 1.12. The van der Waals surface area contributed by atoms with Crippen LogP contribution in [0.3, 0.4) is 0 Å². The van der Waals surface area contributed by atoms with Crippen molar-refractivity contribution < 1.29 is 18.0 Å². The van der Waals surface area contributed by atoms with Crippen LogP contribution < -0.4 is 10.1 Å². The standard InChI is InChI=1S/C17H17N3O4S2/c21-15-4-1-3-14(11-15)18-19-17(22)12-6-8-13(9-7-12)20-26(23,24)16-5-2-10-25-16/h2,5-10,20H,1,3-4,11H2,(H,19,22)/b18-14+. The third kappa shape index (κ3) is 4.55. The molecule has 1 fully saturated rings. The van der Waals surface area contributed by atoms with Crippen molar-refractivity contribution in [2.45, 2.75) is 29.9 Å². The average Bonchev–Trinajstić information content (AvgIpc) is 3.16. The van der Waals surface area contributed by atoms with Crippen LogP contribution in [0.5, 0.6) is 0 Å². The molecule has 0 saturated heterocycles. The molecule has 2 N–H and O–H groups in total. The number of ketones is 1. The van der Waals surface area contributed by atoms with E-state index in [1.54, 1.807) is 11.4 Å². The molecule has 1 aliphatic carbocycles. The van der Waals surface area contributed by atoms with Crippen LogP contribution in [0.2, 0.25) is 0 Å². The summed E-state index contributed by atoms with van der Waals surface area (Å²) in [5.74, 6) is -0.283. The monoisotopic (exact) mass is 391 g/mol. The van der Waals surface area contributed by atoms with E-state index in [0.717, 1.165) is 17.8 Å². The number of amides is 1. The maximum absolute atomic E-state index is 12.2. The number of sulfonamides is 1. The van der Waals surface area contributed by atoms with Gasteiger partial charge in [-0.15, -0.1) is 11.3 Å². The number of benzene rings is 1. The van der Waals surface area contributed by atoms with Crippen LogP contribution in [0.15, 0.2) is 51.1 Å². The van der Waals surface area contributed by atoms with Gasteiger partial charge >= 0.3 is 0 Å². The molecule has 0 atom stereocenters. The topological polar surface area (TPSA) is 105 Å². The Morgan fingerprint density at radius 3 is 2.54 bits per heavy atom. The van der Waals surface area contributed by atoms with E-state index >= 15 is 0 Å². The van der Waals surface area contributed by atoms with Crippen LogP contribution >= 0.6 is 11.3 Å². The van der Waals surface area contributed by atoms with E-state index < -0.39 is 15.9 Å². The Morgan fingerprint density at radius 2 is 1.88 bits per heavy atom. The molecule has 9 heteroatoms. The molecule has 0 aliphatic heterocycles. The number of nitrogens with one attached hydrogen (secondary N) is 2. The summed E-state index contributed by atoms with van der Waals surface area (Å²) in [6.07, 6.45) is 2.31. The molecule has 1 heterocycles. The van der Waals surface area contributed by atoms with Crippen molar-refractivity contribution >= 4 is 44.4 Å². The fraction of sp³-hybridized carbons (Fsp3) is 0.235. The molecule has 26 heavy (non-hydrogen) atoms. The Labute approximate surface area is 155 Å². The zero-order valence-electron chi connectivity index (χ0n) is 13.8. The smallest absolute Gasteiger partial charge is 0.271 e. The molecule has 7 nitrogen and oxygen atoms in total. The van der Waals surface area contributed by atoms with Crippen molar-refractivity contribution in [3.8, 4) is 0 Å². The van der Waals surface area contributed by atoms with Gasteiger partial charge in [0.05, 0.1) is 0 Å². The summed E-state index contributed by atoms with van der Waals surface area (Å²) in [7, 11) is -3.62. The second-order valence-corrected chi connectivity index (χ2v) is 8.66. The van der Waals surface area contributed by atoms with E-state index in [0.29, 0.717) is 29.8 Å². The Bertz CT molecular complexity index is 933. The largest absolute Gasteiger partial charge is 0.299 e. The molecule has 3 rings (SSSR count). The summed E-state index contributed by atoms with van der Waals surface area (Å²) in [5, 5.41) is 5.70. The fourth-order valence-electron chi connectivity index (χ4n) is 2.50. The van der Waals surface area contributed by atoms with Gasteiger partial charge in [-0.2, -0.15) is 5.10 Å². The Hall–Kier alpha value is -2.52. The first-order chi connectivity index (χ1) is 12.4. The van der Waals surface area contributed by atoms with Gasteiger partial charge in [0.2, 0.25) is 0 Å². The maximum Gasteiger partial charge on any atom is 0.271 e. The first-order valence-electron chi connectivity index (χ1n) is 7.98. The lowest BCUT2D eigenvalue weighted by Gasteiger charge is -2.11. The van der Waals surface area contributed by atoms with Crippen molar-refractivity contribution in [2.75, 3.05) is 4.72 Å². The molecule has 0 spiro atoms. The van der Waals surface area contributed by atoms with Crippen molar-refractivity contribution in [1.29, 1.82) is 0 Å². The molecule has 1 aliphatic rings. The number of Topliss-reactive ketones (excluding diaryl/α,β-unsaturated/α-hetero) is 1. The lowest BCUT2D eigenvalue weighted by atomic mass is 9.97. The van der Waals surface area contributed by atoms with E-state index in [1.807, 2.05) is 0 Å². The number of carbonyl (C=O) groups excluding carboxylic acids is 2. The zero-order valence-corrected chi connectivity index (χ0v) is 15.4. The summed E-state index contributed by atoms with van der Waals surface area (Å²) in [5.41, 5.74) is 3.82. The molecule has 1 amide bonds. The van der Waals surface area contributed by atoms with Gasteiger partial charge < -0.3 is 0 Å². The predicted octanol–water partition coefficient (Wildman–Crippen LogP) is 2.78. The Kier molecular flexibility index (Phi) is 5.48. The van der Waals surface area contributed by atoms with Gasteiger partial charge in [0.15, 0.2) is 0 Å². The van der Waals surface area contributed by atoms with E-state index in [-0.39, 0.29) is 16.4 Å². The van der Waals surface area contributed by atoms with E-state index in [9.17, 15) is 18.0 Å². The minimum Gasteiger partial charge on any atom is -0.299 e. The molecule has 2 aromatic rings. The highest BCUT2D eigenvalue weighted by Gasteiger charge is 2.16. The third-order valence-corrected chi connectivity index (χ3v) is 6.58.